The van der Waals surface area contributed by atoms with Crippen LogP contribution in [-0.2, 0) is 6.54 Å². The number of benzene rings is 1. The Morgan fingerprint density at radius 3 is 2.88 bits per heavy atom. The summed E-state index contributed by atoms with van der Waals surface area (Å²) in [6.45, 7) is 0.351. The van der Waals surface area contributed by atoms with Gasteiger partial charge in [-0.25, -0.2) is 4.39 Å². The number of hydrogen-bond acceptors (Lipinski definition) is 5. The lowest BCUT2D eigenvalue weighted by atomic mass is 10.3. The van der Waals surface area contributed by atoms with Crippen LogP contribution in [0.1, 0.15) is 5.01 Å². The maximum atomic E-state index is 12.9. The zero-order valence-electron chi connectivity index (χ0n) is 8.08. The first-order chi connectivity index (χ1) is 7.69. The molecule has 0 aliphatic rings. The Kier molecular flexibility index (Phi) is 3.33. The normalized spacial score (nSPS) is 10.4. The number of anilines is 2. The van der Waals surface area contributed by atoms with Crippen LogP contribution in [0.5, 0.6) is 0 Å². The fourth-order valence-electron chi connectivity index (χ4n) is 1.08. The first-order valence-corrected chi connectivity index (χ1v) is 5.63. The third kappa shape index (κ3) is 2.46. The van der Waals surface area contributed by atoms with Crippen molar-refractivity contribution in [3.63, 3.8) is 0 Å². The maximum absolute atomic E-state index is 12.9. The molecule has 0 saturated carbocycles. The molecule has 1 aromatic heterocycles. The summed E-state index contributed by atoms with van der Waals surface area (Å²) in [6.07, 6.45) is 0. The van der Waals surface area contributed by atoms with Crippen LogP contribution in [0.25, 0.3) is 0 Å². The van der Waals surface area contributed by atoms with E-state index in [0.717, 1.165) is 5.01 Å². The van der Waals surface area contributed by atoms with E-state index in [-0.39, 0.29) is 5.02 Å². The van der Waals surface area contributed by atoms with Crippen LogP contribution in [0.3, 0.4) is 0 Å². The Bertz CT molecular complexity index is 502. The minimum Gasteiger partial charge on any atom is -0.330 e. The van der Waals surface area contributed by atoms with E-state index in [0.29, 0.717) is 17.4 Å². The summed E-state index contributed by atoms with van der Waals surface area (Å²) in [5.74, 6) is -0.452. The summed E-state index contributed by atoms with van der Waals surface area (Å²) in [5, 5.41) is 12.1. The molecule has 0 aliphatic heterocycles. The molecule has 0 radical (unpaired) electrons. The fraction of sp³-hybridized carbons (Fsp3) is 0.111. The number of hydrogen-bond donors (Lipinski definition) is 2. The van der Waals surface area contributed by atoms with Gasteiger partial charge in [-0.2, -0.15) is 0 Å². The molecular formula is C9H8ClFN4S. The predicted octanol–water partition coefficient (Wildman–Crippen LogP) is 2.53. The van der Waals surface area contributed by atoms with Crippen molar-refractivity contribution in [1.82, 2.24) is 10.2 Å². The summed E-state index contributed by atoms with van der Waals surface area (Å²) in [6, 6.07) is 4.35. The lowest BCUT2D eigenvalue weighted by Crippen LogP contribution is -1.94. The lowest BCUT2D eigenvalue weighted by Gasteiger charge is -2.02. The SMILES string of the molecule is NCc1nnc(Nc2ccc(F)c(Cl)c2)s1. The first kappa shape index (κ1) is 11.3. The highest BCUT2D eigenvalue weighted by atomic mass is 35.5. The molecule has 4 nitrogen and oxygen atoms in total. The summed E-state index contributed by atoms with van der Waals surface area (Å²) in [5.41, 5.74) is 6.07. The molecule has 0 amide bonds. The third-order valence-electron chi connectivity index (χ3n) is 1.81. The molecule has 2 aromatic rings. The van der Waals surface area contributed by atoms with E-state index in [1.807, 2.05) is 0 Å². The van der Waals surface area contributed by atoms with Gasteiger partial charge < -0.3 is 11.1 Å². The van der Waals surface area contributed by atoms with Crippen LogP contribution in [0.4, 0.5) is 15.2 Å². The van der Waals surface area contributed by atoms with Crippen LogP contribution in [0.2, 0.25) is 5.02 Å². The number of halogens is 2. The van der Waals surface area contributed by atoms with Gasteiger partial charge in [0.05, 0.1) is 5.02 Å². The zero-order chi connectivity index (χ0) is 11.5. The third-order valence-corrected chi connectivity index (χ3v) is 2.96. The van der Waals surface area contributed by atoms with Gasteiger partial charge in [0.15, 0.2) is 0 Å². The second-order valence-corrected chi connectivity index (χ2v) is 4.43. The molecule has 1 aromatic carbocycles. The average molecular weight is 259 g/mol. The van der Waals surface area contributed by atoms with Crippen LogP contribution < -0.4 is 11.1 Å². The molecule has 16 heavy (non-hydrogen) atoms. The second kappa shape index (κ2) is 4.73. The van der Waals surface area contributed by atoms with Gasteiger partial charge in [0.1, 0.15) is 10.8 Å². The van der Waals surface area contributed by atoms with Crippen LogP contribution >= 0.6 is 22.9 Å². The summed E-state index contributed by atoms with van der Waals surface area (Å²) >= 11 is 6.99. The Labute approximate surface area is 100 Å². The van der Waals surface area contributed by atoms with E-state index in [2.05, 4.69) is 15.5 Å². The summed E-state index contributed by atoms with van der Waals surface area (Å²) < 4.78 is 12.9. The Morgan fingerprint density at radius 1 is 1.44 bits per heavy atom. The van der Waals surface area contributed by atoms with Gasteiger partial charge in [0.25, 0.3) is 0 Å². The first-order valence-electron chi connectivity index (χ1n) is 4.43. The molecule has 0 spiro atoms. The molecule has 84 valence electrons. The van der Waals surface area contributed by atoms with Gasteiger partial charge in [0, 0.05) is 12.2 Å². The second-order valence-electron chi connectivity index (χ2n) is 2.96. The number of nitrogens with two attached hydrogens (primary N) is 1. The van der Waals surface area contributed by atoms with Gasteiger partial charge >= 0.3 is 0 Å². The van der Waals surface area contributed by atoms with Crippen molar-refractivity contribution in [1.29, 1.82) is 0 Å². The predicted molar refractivity (Wildman–Crippen MR) is 62.5 cm³/mol. The van der Waals surface area contributed by atoms with Gasteiger partial charge in [-0.05, 0) is 18.2 Å². The molecule has 0 atom stereocenters. The monoisotopic (exact) mass is 258 g/mol. The Balaban J connectivity index is 2.17. The van der Waals surface area contributed by atoms with Crippen molar-refractivity contribution in [2.45, 2.75) is 6.54 Å². The Hall–Kier alpha value is -1.24. The molecule has 3 N–H and O–H groups in total. The number of nitrogens with one attached hydrogen (secondary N) is 1. The van der Waals surface area contributed by atoms with Crippen molar-refractivity contribution in [2.24, 2.45) is 5.73 Å². The van der Waals surface area contributed by atoms with Crippen molar-refractivity contribution in [2.75, 3.05) is 5.32 Å². The average Bonchev–Trinajstić information content (AvgIpc) is 2.71. The highest BCUT2D eigenvalue weighted by Gasteiger charge is 2.05. The Morgan fingerprint density at radius 2 is 2.25 bits per heavy atom. The largest absolute Gasteiger partial charge is 0.330 e. The fourth-order valence-corrected chi connectivity index (χ4v) is 1.90. The zero-order valence-corrected chi connectivity index (χ0v) is 9.65. The molecular weight excluding hydrogens is 251 g/mol. The van der Waals surface area contributed by atoms with Crippen molar-refractivity contribution in [3.05, 3.63) is 34.0 Å². The number of nitrogens with zero attached hydrogens (tertiary/aromatic N) is 2. The molecule has 0 saturated heterocycles. The van der Waals surface area contributed by atoms with E-state index in [9.17, 15) is 4.39 Å². The maximum Gasteiger partial charge on any atom is 0.210 e. The molecule has 0 aliphatic carbocycles. The smallest absolute Gasteiger partial charge is 0.210 e. The standard InChI is InChI=1S/C9H8ClFN4S/c10-6-3-5(1-2-7(6)11)13-9-15-14-8(4-12)16-9/h1-3H,4,12H2,(H,13,15). The van der Waals surface area contributed by atoms with E-state index in [4.69, 9.17) is 17.3 Å². The van der Waals surface area contributed by atoms with Gasteiger partial charge in [-0.1, -0.05) is 22.9 Å². The summed E-state index contributed by atoms with van der Waals surface area (Å²) in [7, 11) is 0. The minimum atomic E-state index is -0.452. The van der Waals surface area contributed by atoms with E-state index in [1.54, 1.807) is 6.07 Å². The molecule has 7 heteroatoms. The minimum absolute atomic E-state index is 0.0635. The van der Waals surface area contributed by atoms with E-state index >= 15 is 0 Å². The topological polar surface area (TPSA) is 63.8 Å². The van der Waals surface area contributed by atoms with Crippen LogP contribution in [0, 0.1) is 5.82 Å². The lowest BCUT2D eigenvalue weighted by molar-refractivity contribution is 0.628. The molecule has 0 unspecified atom stereocenters. The molecule has 2 rings (SSSR count). The van der Waals surface area contributed by atoms with Crippen molar-refractivity contribution < 1.29 is 4.39 Å². The van der Waals surface area contributed by atoms with Gasteiger partial charge in [-0.3, -0.25) is 0 Å². The quantitative estimate of drug-likeness (QED) is 0.888. The van der Waals surface area contributed by atoms with E-state index < -0.39 is 5.82 Å². The highest BCUT2D eigenvalue weighted by molar-refractivity contribution is 7.15. The van der Waals surface area contributed by atoms with Crippen molar-refractivity contribution in [3.8, 4) is 0 Å². The van der Waals surface area contributed by atoms with Crippen LogP contribution in [0.15, 0.2) is 18.2 Å². The van der Waals surface area contributed by atoms with Gasteiger partial charge in [-0.15, -0.1) is 10.2 Å². The molecule has 1 heterocycles. The van der Waals surface area contributed by atoms with Gasteiger partial charge in [0.2, 0.25) is 5.13 Å². The molecule has 0 bridgehead atoms. The van der Waals surface area contributed by atoms with Crippen LogP contribution in [-0.4, -0.2) is 10.2 Å². The highest BCUT2D eigenvalue weighted by Crippen LogP contribution is 2.24. The number of aromatic nitrogens is 2. The number of rotatable bonds is 3. The van der Waals surface area contributed by atoms with Crippen molar-refractivity contribution >= 4 is 33.8 Å². The van der Waals surface area contributed by atoms with E-state index in [1.165, 1.54) is 23.5 Å². The molecule has 0 fully saturated rings. The summed E-state index contributed by atoms with van der Waals surface area (Å²) in [4.78, 5) is 0.